The van der Waals surface area contributed by atoms with Gasteiger partial charge in [0.15, 0.2) is 0 Å². The summed E-state index contributed by atoms with van der Waals surface area (Å²) in [5.74, 6) is -0.537. The van der Waals surface area contributed by atoms with E-state index in [1.54, 1.807) is 6.20 Å². The monoisotopic (exact) mass is 267 g/mol. The van der Waals surface area contributed by atoms with Crippen molar-refractivity contribution in [1.82, 2.24) is 15.1 Å². The number of carbonyl (C=O) groups excluding carboxylic acids is 2. The summed E-state index contributed by atoms with van der Waals surface area (Å²) in [5.41, 5.74) is 5.62. The van der Waals surface area contributed by atoms with Gasteiger partial charge in [0.25, 0.3) is 0 Å². The van der Waals surface area contributed by atoms with E-state index in [-0.39, 0.29) is 12.5 Å². The van der Waals surface area contributed by atoms with Crippen molar-refractivity contribution < 1.29 is 9.59 Å². The summed E-state index contributed by atoms with van der Waals surface area (Å²) in [5, 5.41) is 9.88. The highest BCUT2D eigenvalue weighted by atomic mass is 16.2. The molecule has 0 radical (unpaired) electrons. The fraction of sp³-hybridized carbons (Fsp3) is 0.583. The largest absolute Gasteiger partial charge is 0.368 e. The lowest BCUT2D eigenvalue weighted by atomic mass is 10.2. The summed E-state index contributed by atoms with van der Waals surface area (Å²) in [6.45, 7) is 4.95. The molecule has 0 saturated heterocycles. The molecule has 0 aliphatic rings. The van der Waals surface area contributed by atoms with Crippen molar-refractivity contribution in [3.05, 3.63) is 12.4 Å². The Morgan fingerprint density at radius 2 is 2.21 bits per heavy atom. The highest BCUT2D eigenvalue weighted by Gasteiger charge is 2.05. The van der Waals surface area contributed by atoms with Gasteiger partial charge in [-0.25, -0.2) is 0 Å². The third kappa shape index (κ3) is 6.56. The molecule has 1 heterocycles. The van der Waals surface area contributed by atoms with E-state index in [4.69, 9.17) is 5.73 Å². The van der Waals surface area contributed by atoms with Crippen molar-refractivity contribution in [2.75, 3.05) is 11.9 Å². The first-order chi connectivity index (χ1) is 8.97. The molecule has 0 unspecified atom stereocenters. The number of carbonyl (C=O) groups is 2. The Kier molecular flexibility index (Phi) is 6.01. The minimum absolute atomic E-state index is 0.00811. The lowest BCUT2D eigenvalue weighted by Gasteiger charge is -2.07. The molecule has 0 bridgehead atoms. The van der Waals surface area contributed by atoms with Gasteiger partial charge in [0, 0.05) is 18.7 Å². The number of hydrogen-bond acceptors (Lipinski definition) is 4. The van der Waals surface area contributed by atoms with Gasteiger partial charge in [-0.2, -0.15) is 5.10 Å². The van der Waals surface area contributed by atoms with E-state index in [9.17, 15) is 9.59 Å². The minimum atomic E-state index is -0.472. The molecular formula is C12H21N5O2. The van der Waals surface area contributed by atoms with E-state index >= 15 is 0 Å². The van der Waals surface area contributed by atoms with Crippen LogP contribution in [0, 0.1) is 0 Å². The lowest BCUT2D eigenvalue weighted by molar-refractivity contribution is -0.118. The minimum Gasteiger partial charge on any atom is -0.368 e. The van der Waals surface area contributed by atoms with Gasteiger partial charge in [-0.1, -0.05) is 13.8 Å². The Balaban J connectivity index is 2.28. The highest BCUT2D eigenvalue weighted by molar-refractivity contribution is 5.90. The average Bonchev–Trinajstić information content (AvgIpc) is 2.70. The summed E-state index contributed by atoms with van der Waals surface area (Å²) in [4.78, 5) is 22.3. The van der Waals surface area contributed by atoms with E-state index in [0.717, 1.165) is 13.0 Å². The van der Waals surface area contributed by atoms with Gasteiger partial charge in [-0.05, 0) is 13.0 Å². The van der Waals surface area contributed by atoms with Crippen LogP contribution in [0.5, 0.6) is 0 Å². The number of aromatic nitrogens is 2. The number of anilines is 1. The molecule has 0 fully saturated rings. The van der Waals surface area contributed by atoms with Crippen molar-refractivity contribution in [3.63, 3.8) is 0 Å². The van der Waals surface area contributed by atoms with Crippen LogP contribution in [0.25, 0.3) is 0 Å². The number of nitrogens with one attached hydrogen (secondary N) is 2. The van der Waals surface area contributed by atoms with Crippen LogP contribution in [0.1, 0.15) is 26.7 Å². The van der Waals surface area contributed by atoms with Crippen molar-refractivity contribution in [2.45, 2.75) is 39.3 Å². The van der Waals surface area contributed by atoms with Crippen LogP contribution in [0.15, 0.2) is 12.4 Å². The number of rotatable bonds is 8. The fourth-order valence-electron chi connectivity index (χ4n) is 1.54. The summed E-state index contributed by atoms with van der Waals surface area (Å²) in [6.07, 6.45) is 4.29. The van der Waals surface area contributed by atoms with E-state index in [0.29, 0.717) is 18.2 Å². The molecule has 1 rings (SSSR count). The predicted molar refractivity (Wildman–Crippen MR) is 72.4 cm³/mol. The average molecular weight is 267 g/mol. The number of nitrogens with two attached hydrogens (primary N) is 1. The molecule has 0 saturated carbocycles. The molecule has 7 nitrogen and oxygen atoms in total. The van der Waals surface area contributed by atoms with Gasteiger partial charge in [0.05, 0.1) is 11.9 Å². The molecular weight excluding hydrogens is 246 g/mol. The molecule has 4 N–H and O–H groups in total. The molecule has 0 aromatic carbocycles. The summed E-state index contributed by atoms with van der Waals surface area (Å²) in [6, 6.07) is 0.426. The quantitative estimate of drug-likeness (QED) is 0.581. The number of primary amides is 1. The summed E-state index contributed by atoms with van der Waals surface area (Å²) >= 11 is 0. The third-order valence-electron chi connectivity index (χ3n) is 2.37. The van der Waals surface area contributed by atoms with Gasteiger partial charge in [0.1, 0.15) is 6.54 Å². The molecule has 1 aromatic rings. The Morgan fingerprint density at radius 1 is 1.47 bits per heavy atom. The second kappa shape index (κ2) is 7.52. The molecule has 106 valence electrons. The molecule has 0 aliphatic heterocycles. The first kappa shape index (κ1) is 15.2. The van der Waals surface area contributed by atoms with E-state index in [1.165, 1.54) is 10.9 Å². The number of nitrogens with zero attached hydrogens (tertiary/aromatic N) is 2. The first-order valence-corrected chi connectivity index (χ1v) is 6.31. The third-order valence-corrected chi connectivity index (χ3v) is 2.37. The maximum absolute atomic E-state index is 11.6. The molecule has 0 spiro atoms. The molecule has 19 heavy (non-hydrogen) atoms. The van der Waals surface area contributed by atoms with Crippen LogP contribution in [0.3, 0.4) is 0 Å². The summed E-state index contributed by atoms with van der Waals surface area (Å²) in [7, 11) is 0. The normalized spacial score (nSPS) is 10.7. The second-order valence-electron chi connectivity index (χ2n) is 4.65. The second-order valence-corrected chi connectivity index (χ2v) is 4.65. The maximum Gasteiger partial charge on any atom is 0.239 e. The Bertz CT molecular complexity index is 428. The zero-order valence-corrected chi connectivity index (χ0v) is 11.3. The maximum atomic E-state index is 11.6. The van der Waals surface area contributed by atoms with E-state index in [1.807, 2.05) is 0 Å². The Hall–Kier alpha value is -1.89. The van der Waals surface area contributed by atoms with Gasteiger partial charge in [0.2, 0.25) is 11.8 Å². The van der Waals surface area contributed by atoms with E-state index in [2.05, 4.69) is 29.6 Å². The van der Waals surface area contributed by atoms with Crippen LogP contribution in [-0.4, -0.2) is 34.2 Å². The van der Waals surface area contributed by atoms with Crippen molar-refractivity contribution >= 4 is 17.5 Å². The smallest absolute Gasteiger partial charge is 0.239 e. The van der Waals surface area contributed by atoms with Gasteiger partial charge in [-0.15, -0.1) is 0 Å². The number of amides is 2. The molecule has 1 aromatic heterocycles. The fourth-order valence-corrected chi connectivity index (χ4v) is 1.54. The van der Waals surface area contributed by atoms with Gasteiger partial charge in [-0.3, -0.25) is 14.3 Å². The summed E-state index contributed by atoms with van der Waals surface area (Å²) < 4.78 is 1.39. The predicted octanol–water partition coefficient (Wildman–Crippen LogP) is 0.0851. The van der Waals surface area contributed by atoms with Crippen LogP contribution in [0.2, 0.25) is 0 Å². The highest BCUT2D eigenvalue weighted by Crippen LogP contribution is 2.05. The van der Waals surface area contributed by atoms with Gasteiger partial charge < -0.3 is 16.4 Å². The molecule has 0 aliphatic carbocycles. The van der Waals surface area contributed by atoms with E-state index < -0.39 is 5.91 Å². The zero-order chi connectivity index (χ0) is 14.3. The lowest BCUT2D eigenvalue weighted by Crippen LogP contribution is -2.24. The topological polar surface area (TPSA) is 102 Å². The van der Waals surface area contributed by atoms with Crippen LogP contribution < -0.4 is 16.4 Å². The van der Waals surface area contributed by atoms with Crippen molar-refractivity contribution in [3.8, 4) is 0 Å². The molecule has 2 amide bonds. The number of hydrogen-bond donors (Lipinski definition) is 3. The van der Waals surface area contributed by atoms with Crippen molar-refractivity contribution in [1.29, 1.82) is 0 Å². The van der Waals surface area contributed by atoms with Crippen LogP contribution in [-0.2, 0) is 16.1 Å². The molecule has 7 heteroatoms. The standard InChI is InChI=1S/C12H21N5O2/c1-9(2)14-5-3-4-12(19)16-10-6-15-17(7-10)8-11(13)18/h6-7,9,14H,3-5,8H2,1-2H3,(H2,13,18)(H,16,19). The Morgan fingerprint density at radius 3 is 2.84 bits per heavy atom. The van der Waals surface area contributed by atoms with Crippen LogP contribution in [0.4, 0.5) is 5.69 Å². The van der Waals surface area contributed by atoms with Crippen LogP contribution >= 0.6 is 0 Å². The zero-order valence-electron chi connectivity index (χ0n) is 11.3. The van der Waals surface area contributed by atoms with Crippen molar-refractivity contribution in [2.24, 2.45) is 5.73 Å². The first-order valence-electron chi connectivity index (χ1n) is 6.31. The van der Waals surface area contributed by atoms with Gasteiger partial charge >= 0.3 is 0 Å². The Labute approximate surface area is 112 Å². The molecule has 0 atom stereocenters. The SMILES string of the molecule is CC(C)NCCCC(=O)Nc1cnn(CC(N)=O)c1.